The monoisotopic (exact) mass is 219 g/mol. The second-order valence-corrected chi connectivity index (χ2v) is 4.01. The Morgan fingerprint density at radius 3 is 3.00 bits per heavy atom. The van der Waals surface area contributed by atoms with E-state index in [2.05, 4.69) is 8.75 Å². The molecule has 0 bridgehead atoms. The topological polar surface area (TPSA) is 49.2 Å². The van der Waals surface area contributed by atoms with E-state index < -0.39 is 0 Å². The lowest BCUT2D eigenvalue weighted by molar-refractivity contribution is 0.154. The van der Waals surface area contributed by atoms with Crippen LogP contribution >= 0.6 is 23.3 Å². The molecule has 1 aromatic heterocycles. The maximum Gasteiger partial charge on any atom is 0.187 e. The predicted molar refractivity (Wildman–Crippen MR) is 52.4 cm³/mol. The van der Waals surface area contributed by atoms with Gasteiger partial charge < -0.3 is 10.0 Å². The Hall–Kier alpha value is -0.390. The largest absolute Gasteiger partial charge is 0.391 e. The second kappa shape index (κ2) is 3.77. The van der Waals surface area contributed by atoms with E-state index in [0.29, 0.717) is 17.5 Å². The smallest absolute Gasteiger partial charge is 0.187 e. The summed E-state index contributed by atoms with van der Waals surface area (Å²) in [6.45, 7) is 1.52. The van der Waals surface area contributed by atoms with Gasteiger partial charge in [0.15, 0.2) is 11.0 Å². The molecule has 0 unspecified atom stereocenters. The van der Waals surface area contributed by atoms with Crippen LogP contribution in [0.25, 0.3) is 0 Å². The number of nitrogens with zero attached hydrogens (tertiary/aromatic N) is 3. The first-order valence-electron chi connectivity index (χ1n) is 4.18. The summed E-state index contributed by atoms with van der Waals surface area (Å²) in [4.78, 5) is 1.99. The van der Waals surface area contributed by atoms with Crippen LogP contribution in [-0.2, 0) is 0 Å². The van der Waals surface area contributed by atoms with Crippen molar-refractivity contribution < 1.29 is 5.11 Å². The molecular weight excluding hydrogens is 210 g/mol. The maximum absolute atomic E-state index is 9.44. The van der Waals surface area contributed by atoms with Crippen molar-refractivity contribution in [1.29, 1.82) is 0 Å². The van der Waals surface area contributed by atoms with Gasteiger partial charge in [0.1, 0.15) is 0 Å². The molecule has 72 valence electrons. The van der Waals surface area contributed by atoms with E-state index in [0.717, 1.165) is 31.1 Å². The fourth-order valence-corrected chi connectivity index (χ4v) is 2.29. The molecule has 0 amide bonds. The van der Waals surface area contributed by atoms with Crippen molar-refractivity contribution in [3.05, 3.63) is 5.15 Å². The molecule has 0 saturated carbocycles. The third-order valence-corrected chi connectivity index (χ3v) is 3.00. The number of β-amino-alcohol motifs (C(OH)–C–C–N with tert-alkyl or cyclic N) is 1. The number of rotatable bonds is 1. The van der Waals surface area contributed by atoms with Crippen molar-refractivity contribution in [1.82, 2.24) is 8.75 Å². The molecule has 1 N–H and O–H groups in total. The molecule has 0 radical (unpaired) electrons. The molecule has 0 aliphatic carbocycles. The van der Waals surface area contributed by atoms with Crippen molar-refractivity contribution in [3.63, 3.8) is 0 Å². The van der Waals surface area contributed by atoms with E-state index in [1.54, 1.807) is 0 Å². The summed E-state index contributed by atoms with van der Waals surface area (Å²) in [6.07, 6.45) is 1.59. The highest BCUT2D eigenvalue weighted by molar-refractivity contribution is 6.99. The second-order valence-electron chi connectivity index (χ2n) is 3.12. The molecule has 1 aliphatic heterocycles. The Kier molecular flexibility index (Phi) is 2.66. The zero-order chi connectivity index (χ0) is 9.26. The number of aliphatic hydroxyl groups is 1. The number of aromatic nitrogens is 2. The van der Waals surface area contributed by atoms with Gasteiger partial charge in [-0.25, -0.2) is 0 Å². The van der Waals surface area contributed by atoms with Gasteiger partial charge in [-0.3, -0.25) is 0 Å². The maximum atomic E-state index is 9.44. The van der Waals surface area contributed by atoms with Crippen molar-refractivity contribution >= 4 is 29.1 Å². The van der Waals surface area contributed by atoms with Gasteiger partial charge in [0.2, 0.25) is 0 Å². The highest BCUT2D eigenvalue weighted by atomic mass is 35.5. The van der Waals surface area contributed by atoms with E-state index in [9.17, 15) is 5.11 Å². The summed E-state index contributed by atoms with van der Waals surface area (Å²) < 4.78 is 7.98. The molecule has 2 heterocycles. The van der Waals surface area contributed by atoms with Gasteiger partial charge in [-0.2, -0.15) is 8.75 Å². The van der Waals surface area contributed by atoms with Gasteiger partial charge in [0, 0.05) is 13.1 Å². The minimum absolute atomic E-state index is 0.258. The van der Waals surface area contributed by atoms with Crippen molar-refractivity contribution in [3.8, 4) is 0 Å². The van der Waals surface area contributed by atoms with Crippen molar-refractivity contribution in [2.45, 2.75) is 18.9 Å². The lowest BCUT2D eigenvalue weighted by Gasteiger charge is -2.29. The number of anilines is 1. The Balaban J connectivity index is 2.12. The Labute approximate surface area is 85.5 Å². The zero-order valence-electron chi connectivity index (χ0n) is 6.98. The van der Waals surface area contributed by atoms with Crippen LogP contribution in [0.4, 0.5) is 5.82 Å². The van der Waals surface area contributed by atoms with E-state index in [1.807, 2.05) is 4.90 Å². The minimum atomic E-state index is -0.258. The van der Waals surface area contributed by atoms with Crippen LogP contribution < -0.4 is 4.90 Å². The summed E-state index contributed by atoms with van der Waals surface area (Å²) in [5, 5.41) is 9.88. The lowest BCUT2D eigenvalue weighted by atomic mass is 10.1. The number of halogens is 1. The lowest BCUT2D eigenvalue weighted by Crippen LogP contribution is -2.38. The number of hydrogen-bond acceptors (Lipinski definition) is 5. The van der Waals surface area contributed by atoms with E-state index in [-0.39, 0.29) is 6.10 Å². The summed E-state index contributed by atoms with van der Waals surface area (Å²) >= 11 is 6.94. The molecule has 13 heavy (non-hydrogen) atoms. The van der Waals surface area contributed by atoms with Gasteiger partial charge in [-0.15, -0.1) is 0 Å². The third-order valence-electron chi connectivity index (χ3n) is 2.13. The quantitative estimate of drug-likeness (QED) is 0.770. The number of hydrogen-bond donors (Lipinski definition) is 1. The molecule has 1 saturated heterocycles. The molecule has 4 nitrogen and oxygen atoms in total. The normalized spacial score (nSPS) is 23.5. The minimum Gasteiger partial charge on any atom is -0.391 e. The molecule has 1 aliphatic rings. The Morgan fingerprint density at radius 2 is 2.38 bits per heavy atom. The highest BCUT2D eigenvalue weighted by Crippen LogP contribution is 2.25. The van der Waals surface area contributed by atoms with Crippen molar-refractivity contribution in [2.75, 3.05) is 18.0 Å². The van der Waals surface area contributed by atoms with Gasteiger partial charge in [0.25, 0.3) is 0 Å². The Bertz CT molecular complexity index is 293. The SMILES string of the molecule is O[C@@H]1CCCN(c2nsnc2Cl)C1. The van der Waals surface area contributed by atoms with Gasteiger partial charge in [-0.05, 0) is 12.8 Å². The van der Waals surface area contributed by atoms with Crippen LogP contribution in [0.5, 0.6) is 0 Å². The number of piperidine rings is 1. The fourth-order valence-electron chi connectivity index (χ4n) is 1.51. The average Bonchev–Trinajstić information content (AvgIpc) is 2.51. The summed E-state index contributed by atoms with van der Waals surface area (Å²) in [6, 6.07) is 0. The van der Waals surface area contributed by atoms with Gasteiger partial charge in [-0.1, -0.05) is 11.6 Å². The van der Waals surface area contributed by atoms with Crippen LogP contribution in [0.1, 0.15) is 12.8 Å². The van der Waals surface area contributed by atoms with Gasteiger partial charge >= 0.3 is 0 Å². The average molecular weight is 220 g/mol. The van der Waals surface area contributed by atoms with E-state index >= 15 is 0 Å². The standard InChI is InChI=1S/C7H10ClN3OS/c8-6-7(10-13-9-6)11-3-1-2-5(12)4-11/h5,12H,1-4H2/t5-/m1/s1. The fraction of sp³-hybridized carbons (Fsp3) is 0.714. The van der Waals surface area contributed by atoms with Crippen LogP contribution in [0.2, 0.25) is 5.15 Å². The van der Waals surface area contributed by atoms with E-state index in [4.69, 9.17) is 11.6 Å². The first kappa shape index (κ1) is 9.18. The van der Waals surface area contributed by atoms with Crippen molar-refractivity contribution in [2.24, 2.45) is 0 Å². The summed E-state index contributed by atoms with van der Waals surface area (Å²) in [5.74, 6) is 0.713. The first-order valence-corrected chi connectivity index (χ1v) is 5.29. The van der Waals surface area contributed by atoms with Gasteiger partial charge in [0.05, 0.1) is 17.8 Å². The van der Waals surface area contributed by atoms with Crippen LogP contribution in [0, 0.1) is 0 Å². The highest BCUT2D eigenvalue weighted by Gasteiger charge is 2.21. The van der Waals surface area contributed by atoms with Crippen LogP contribution in [-0.4, -0.2) is 33.0 Å². The molecule has 0 aromatic carbocycles. The summed E-state index contributed by atoms with van der Waals surface area (Å²) in [5.41, 5.74) is 0. The molecule has 2 rings (SSSR count). The molecule has 6 heteroatoms. The van der Waals surface area contributed by atoms with Crippen LogP contribution in [0.3, 0.4) is 0 Å². The summed E-state index contributed by atoms with van der Waals surface area (Å²) in [7, 11) is 0. The molecule has 1 fully saturated rings. The van der Waals surface area contributed by atoms with Crippen LogP contribution in [0.15, 0.2) is 0 Å². The predicted octanol–water partition coefficient (Wildman–Crippen LogP) is 1.15. The molecular formula is C7H10ClN3OS. The number of aliphatic hydroxyl groups excluding tert-OH is 1. The molecule has 0 spiro atoms. The first-order chi connectivity index (χ1) is 6.27. The Morgan fingerprint density at radius 1 is 1.54 bits per heavy atom. The molecule has 1 atom stereocenters. The zero-order valence-corrected chi connectivity index (χ0v) is 8.55. The molecule has 1 aromatic rings. The van der Waals surface area contributed by atoms with E-state index in [1.165, 1.54) is 0 Å². The third kappa shape index (κ3) is 1.92.